The lowest BCUT2D eigenvalue weighted by molar-refractivity contribution is -0.141. The van der Waals surface area contributed by atoms with Gasteiger partial charge in [-0.15, -0.1) is 0 Å². The van der Waals surface area contributed by atoms with Gasteiger partial charge >= 0.3 is 6.18 Å². The van der Waals surface area contributed by atoms with Crippen molar-refractivity contribution in [2.24, 2.45) is 0 Å². The molecule has 1 atom stereocenters. The molecule has 2 nitrogen and oxygen atoms in total. The molecule has 4 rings (SSSR count). The Morgan fingerprint density at radius 3 is 2.21 bits per heavy atom. The Labute approximate surface area is 160 Å². The molecule has 0 aliphatic heterocycles. The Morgan fingerprint density at radius 1 is 0.893 bits per heavy atom. The van der Waals surface area contributed by atoms with Crippen LogP contribution in [-0.4, -0.2) is 12.1 Å². The first kappa shape index (κ1) is 18.3. The van der Waals surface area contributed by atoms with Crippen LogP contribution in [0.25, 0.3) is 21.5 Å². The molecule has 0 spiro atoms. The highest BCUT2D eigenvalue weighted by atomic mass is 19.4. The number of nitrogens with zero attached hydrogens (tertiary/aromatic N) is 1. The summed E-state index contributed by atoms with van der Waals surface area (Å²) in [4.78, 5) is 3.59. The molecule has 1 heterocycles. The van der Waals surface area contributed by atoms with Crippen LogP contribution in [0.2, 0.25) is 0 Å². The second-order valence-electron chi connectivity index (χ2n) is 6.80. The van der Waals surface area contributed by atoms with Gasteiger partial charge in [0.2, 0.25) is 0 Å². The molecule has 0 N–H and O–H groups in total. The Balaban J connectivity index is 1.82. The average molecular weight is 381 g/mol. The van der Waals surface area contributed by atoms with E-state index in [0.29, 0.717) is 5.56 Å². The van der Waals surface area contributed by atoms with Crippen LogP contribution in [-0.2, 0) is 6.18 Å². The van der Waals surface area contributed by atoms with Gasteiger partial charge in [0, 0.05) is 23.1 Å². The monoisotopic (exact) mass is 381 g/mol. The van der Waals surface area contributed by atoms with Crippen molar-refractivity contribution in [3.8, 4) is 5.75 Å². The topological polar surface area (TPSA) is 22.1 Å². The van der Waals surface area contributed by atoms with Crippen LogP contribution in [0.1, 0.15) is 29.7 Å². The first-order valence-electron chi connectivity index (χ1n) is 8.91. The Morgan fingerprint density at radius 2 is 1.61 bits per heavy atom. The largest absolute Gasteiger partial charge is 0.496 e. The summed E-state index contributed by atoms with van der Waals surface area (Å²) in [6, 6.07) is 18.8. The third-order valence-electron chi connectivity index (χ3n) is 5.11. The average Bonchev–Trinajstić information content (AvgIpc) is 2.70. The van der Waals surface area contributed by atoms with Crippen molar-refractivity contribution in [1.29, 1.82) is 0 Å². The first-order valence-corrected chi connectivity index (χ1v) is 8.91. The summed E-state index contributed by atoms with van der Waals surface area (Å²) in [5.41, 5.74) is 0.721. The minimum atomic E-state index is -4.44. The highest BCUT2D eigenvalue weighted by Crippen LogP contribution is 2.39. The van der Waals surface area contributed by atoms with Crippen molar-refractivity contribution >= 4 is 21.5 Å². The minimum Gasteiger partial charge on any atom is -0.496 e. The molecule has 0 amide bonds. The van der Waals surface area contributed by atoms with Gasteiger partial charge in [-0.05, 0) is 39.9 Å². The van der Waals surface area contributed by atoms with Gasteiger partial charge in [0.05, 0.1) is 7.11 Å². The van der Waals surface area contributed by atoms with E-state index in [0.717, 1.165) is 38.9 Å². The third-order valence-corrected chi connectivity index (χ3v) is 5.11. The summed E-state index contributed by atoms with van der Waals surface area (Å²) in [6.07, 6.45) is -3.15. The zero-order valence-corrected chi connectivity index (χ0v) is 15.4. The maximum absolute atomic E-state index is 12.8. The molecule has 0 aliphatic rings. The molecule has 142 valence electrons. The Bertz CT molecular complexity index is 1150. The van der Waals surface area contributed by atoms with Gasteiger partial charge in [0.1, 0.15) is 11.4 Å². The normalized spacial score (nSPS) is 13.0. The number of hydrogen-bond acceptors (Lipinski definition) is 2. The molecule has 0 saturated carbocycles. The number of hydrogen-bond donors (Lipinski definition) is 0. The summed E-state index contributed by atoms with van der Waals surface area (Å²) in [5.74, 6) is 0.566. The van der Waals surface area contributed by atoms with Gasteiger partial charge in [-0.25, -0.2) is 0 Å². The molecule has 5 heteroatoms. The van der Waals surface area contributed by atoms with Crippen LogP contribution in [0, 0.1) is 0 Å². The summed E-state index contributed by atoms with van der Waals surface area (Å²) < 4.78 is 44.1. The van der Waals surface area contributed by atoms with E-state index in [-0.39, 0.29) is 5.92 Å². The van der Waals surface area contributed by atoms with E-state index in [1.807, 2.05) is 37.3 Å². The zero-order chi connectivity index (χ0) is 19.9. The lowest BCUT2D eigenvalue weighted by Gasteiger charge is -2.19. The molecule has 0 bridgehead atoms. The second kappa shape index (κ2) is 6.82. The maximum Gasteiger partial charge on any atom is 0.433 e. The minimum absolute atomic E-state index is 0.166. The second-order valence-corrected chi connectivity index (χ2v) is 6.80. The fourth-order valence-corrected chi connectivity index (χ4v) is 3.58. The Hall–Kier alpha value is -3.08. The number of halogens is 3. The molecule has 0 fully saturated rings. The first-order chi connectivity index (χ1) is 13.4. The number of rotatable bonds is 3. The third kappa shape index (κ3) is 3.17. The molecule has 28 heavy (non-hydrogen) atoms. The predicted molar refractivity (Wildman–Crippen MR) is 105 cm³/mol. The van der Waals surface area contributed by atoms with Gasteiger partial charge in [-0.3, -0.25) is 4.98 Å². The van der Waals surface area contributed by atoms with E-state index in [4.69, 9.17) is 4.74 Å². The van der Waals surface area contributed by atoms with E-state index in [1.165, 1.54) is 12.3 Å². The molecule has 4 aromatic rings. The quantitative estimate of drug-likeness (QED) is 0.375. The highest BCUT2D eigenvalue weighted by Gasteiger charge is 2.32. The zero-order valence-electron chi connectivity index (χ0n) is 15.4. The van der Waals surface area contributed by atoms with Crippen LogP contribution in [0.15, 0.2) is 66.9 Å². The number of alkyl halides is 3. The lowest BCUT2D eigenvalue weighted by Crippen LogP contribution is -2.08. The number of methoxy groups -OCH3 is 1. The molecule has 0 aliphatic carbocycles. The van der Waals surface area contributed by atoms with Gasteiger partial charge in [0.25, 0.3) is 0 Å². The van der Waals surface area contributed by atoms with Crippen molar-refractivity contribution in [3.63, 3.8) is 0 Å². The summed E-state index contributed by atoms with van der Waals surface area (Å²) >= 11 is 0. The lowest BCUT2D eigenvalue weighted by atomic mass is 9.90. The van der Waals surface area contributed by atoms with Gasteiger partial charge in [-0.1, -0.05) is 49.4 Å². The van der Waals surface area contributed by atoms with Gasteiger partial charge in [0.15, 0.2) is 0 Å². The van der Waals surface area contributed by atoms with Crippen LogP contribution < -0.4 is 4.74 Å². The summed E-state index contributed by atoms with van der Waals surface area (Å²) in [6.45, 7) is 1.94. The number of benzene rings is 3. The van der Waals surface area contributed by atoms with E-state index >= 15 is 0 Å². The van der Waals surface area contributed by atoms with E-state index in [2.05, 4.69) is 23.2 Å². The number of ether oxygens (including phenoxy) is 1. The smallest absolute Gasteiger partial charge is 0.433 e. The fourth-order valence-electron chi connectivity index (χ4n) is 3.58. The van der Waals surface area contributed by atoms with Crippen molar-refractivity contribution in [2.45, 2.75) is 19.0 Å². The van der Waals surface area contributed by atoms with Crippen molar-refractivity contribution in [2.75, 3.05) is 7.11 Å². The van der Waals surface area contributed by atoms with Crippen LogP contribution >= 0.6 is 0 Å². The molecular weight excluding hydrogens is 363 g/mol. The fraction of sp³-hybridized carbons (Fsp3) is 0.174. The van der Waals surface area contributed by atoms with E-state index in [9.17, 15) is 13.2 Å². The number of aromatic nitrogens is 1. The van der Waals surface area contributed by atoms with Gasteiger partial charge in [-0.2, -0.15) is 13.2 Å². The van der Waals surface area contributed by atoms with Crippen LogP contribution in [0.4, 0.5) is 13.2 Å². The SMILES string of the molecule is COc1c(C(C)c2ccc(C(F)(F)F)nc2)ccc2cc3ccccc3cc12. The molecule has 1 aromatic heterocycles. The van der Waals surface area contributed by atoms with Crippen molar-refractivity contribution in [3.05, 3.63) is 83.7 Å². The van der Waals surface area contributed by atoms with Crippen LogP contribution in [0.5, 0.6) is 5.75 Å². The van der Waals surface area contributed by atoms with Crippen LogP contribution in [0.3, 0.4) is 0 Å². The molecule has 0 saturated heterocycles. The van der Waals surface area contributed by atoms with E-state index in [1.54, 1.807) is 7.11 Å². The van der Waals surface area contributed by atoms with Crippen molar-refractivity contribution < 1.29 is 17.9 Å². The van der Waals surface area contributed by atoms with Gasteiger partial charge < -0.3 is 4.74 Å². The highest BCUT2D eigenvalue weighted by molar-refractivity contribution is 6.01. The standard InChI is InChI=1S/C23H18F3NO/c1-14(18-8-10-21(27-13-18)23(24,25)26)19-9-7-17-11-15-5-3-4-6-16(15)12-20(17)22(19)28-2/h3-14H,1-2H3. The molecular formula is C23H18F3NO. The molecule has 0 radical (unpaired) electrons. The maximum atomic E-state index is 12.8. The number of fused-ring (bicyclic) bond motifs is 2. The summed E-state index contributed by atoms with van der Waals surface area (Å²) in [5, 5.41) is 4.28. The summed E-state index contributed by atoms with van der Waals surface area (Å²) in [7, 11) is 1.62. The van der Waals surface area contributed by atoms with Crippen molar-refractivity contribution in [1.82, 2.24) is 4.98 Å². The molecule has 3 aromatic carbocycles. The van der Waals surface area contributed by atoms with E-state index < -0.39 is 11.9 Å². The Kier molecular flexibility index (Phi) is 4.46. The predicted octanol–water partition coefficient (Wildman–Crippen LogP) is 6.57. The number of pyridine rings is 1. The molecule has 1 unspecified atom stereocenters.